The normalized spacial score (nSPS) is 14.0. The van der Waals surface area contributed by atoms with Gasteiger partial charge in [-0.3, -0.25) is 0 Å². The van der Waals surface area contributed by atoms with E-state index in [1.54, 1.807) is 7.11 Å². The van der Waals surface area contributed by atoms with Crippen molar-refractivity contribution in [3.8, 4) is 5.75 Å². The number of aliphatic hydroxyl groups is 1. The molecule has 0 saturated heterocycles. The van der Waals surface area contributed by atoms with E-state index in [0.717, 1.165) is 23.3 Å². The highest BCUT2D eigenvalue weighted by molar-refractivity contribution is 5.34. The van der Waals surface area contributed by atoms with E-state index in [1.807, 2.05) is 54.6 Å². The van der Waals surface area contributed by atoms with Crippen molar-refractivity contribution >= 4 is 0 Å². The molecule has 0 unspecified atom stereocenters. The van der Waals surface area contributed by atoms with Crippen LogP contribution >= 0.6 is 0 Å². The third-order valence-corrected chi connectivity index (χ3v) is 3.56. The van der Waals surface area contributed by atoms with Crippen molar-refractivity contribution in [3.63, 3.8) is 0 Å². The van der Waals surface area contributed by atoms with Crippen LogP contribution in [0.2, 0.25) is 0 Å². The molecule has 0 amide bonds. The van der Waals surface area contributed by atoms with E-state index < -0.39 is 6.10 Å². The average Bonchev–Trinajstić information content (AvgIpc) is 2.56. The van der Waals surface area contributed by atoms with Crippen LogP contribution in [0.1, 0.15) is 36.5 Å². The Labute approximate surface area is 126 Å². The highest BCUT2D eigenvalue weighted by atomic mass is 16.5. The summed E-state index contributed by atoms with van der Waals surface area (Å²) < 4.78 is 5.19. The number of methoxy groups -OCH3 is 1. The number of ether oxygens (including phenoxy) is 1. The maximum atomic E-state index is 10.7. The first kappa shape index (κ1) is 15.3. The van der Waals surface area contributed by atoms with Gasteiger partial charge in [0.25, 0.3) is 0 Å². The second-order valence-electron chi connectivity index (χ2n) is 4.99. The summed E-state index contributed by atoms with van der Waals surface area (Å²) in [7, 11) is 1.66. The van der Waals surface area contributed by atoms with Crippen LogP contribution in [-0.2, 0) is 0 Å². The zero-order valence-electron chi connectivity index (χ0n) is 12.6. The third kappa shape index (κ3) is 3.96. The maximum Gasteiger partial charge on any atom is 0.118 e. The third-order valence-electron chi connectivity index (χ3n) is 3.56. The van der Waals surface area contributed by atoms with Crippen LogP contribution in [0.25, 0.3) is 0 Å². The lowest BCUT2D eigenvalue weighted by molar-refractivity contribution is 0.161. The fourth-order valence-electron chi connectivity index (χ4n) is 2.37. The quantitative estimate of drug-likeness (QED) is 0.792. The molecule has 2 aromatic carbocycles. The Morgan fingerprint density at radius 2 is 1.67 bits per heavy atom. The van der Waals surface area contributed by atoms with Crippen LogP contribution < -0.4 is 4.74 Å². The minimum absolute atomic E-state index is 0.0572. The van der Waals surface area contributed by atoms with Crippen molar-refractivity contribution in [2.24, 2.45) is 0 Å². The molecule has 2 rings (SSSR count). The minimum atomic E-state index is -0.553. The lowest BCUT2D eigenvalue weighted by Gasteiger charge is -2.21. The first-order valence-corrected chi connectivity index (χ1v) is 7.30. The Balaban J connectivity index is 2.31. The molecule has 21 heavy (non-hydrogen) atoms. The first-order valence-electron chi connectivity index (χ1n) is 7.30. The predicted molar refractivity (Wildman–Crippen MR) is 86.6 cm³/mol. The van der Waals surface area contributed by atoms with Gasteiger partial charge in [-0.15, -0.1) is 0 Å². The van der Waals surface area contributed by atoms with Gasteiger partial charge in [-0.25, -0.2) is 0 Å². The van der Waals surface area contributed by atoms with Crippen LogP contribution in [0, 0.1) is 0 Å². The number of allylic oxidation sites excluding steroid dienone is 1. The van der Waals surface area contributed by atoms with Crippen molar-refractivity contribution in [2.45, 2.75) is 25.4 Å². The van der Waals surface area contributed by atoms with Gasteiger partial charge in [0.2, 0.25) is 0 Å². The van der Waals surface area contributed by atoms with Gasteiger partial charge < -0.3 is 9.84 Å². The molecule has 0 heterocycles. The second kappa shape index (κ2) is 7.65. The Bertz CT molecular complexity index is 558. The first-order chi connectivity index (χ1) is 10.3. The van der Waals surface area contributed by atoms with Crippen LogP contribution in [0.3, 0.4) is 0 Å². The molecule has 2 heteroatoms. The summed E-state index contributed by atoms with van der Waals surface area (Å²) in [6, 6.07) is 17.7. The largest absolute Gasteiger partial charge is 0.497 e. The average molecular weight is 282 g/mol. The summed E-state index contributed by atoms with van der Waals surface area (Å²) in [5.74, 6) is 0.768. The summed E-state index contributed by atoms with van der Waals surface area (Å²) in [6.07, 6.45) is 4.58. The molecule has 0 aliphatic carbocycles. The molecule has 110 valence electrons. The fourth-order valence-corrected chi connectivity index (χ4v) is 2.37. The minimum Gasteiger partial charge on any atom is -0.497 e. The van der Waals surface area contributed by atoms with Gasteiger partial charge >= 0.3 is 0 Å². The lowest BCUT2D eigenvalue weighted by Crippen LogP contribution is -2.09. The van der Waals surface area contributed by atoms with Gasteiger partial charge in [-0.2, -0.15) is 0 Å². The van der Waals surface area contributed by atoms with E-state index in [-0.39, 0.29) is 5.92 Å². The van der Waals surface area contributed by atoms with Crippen molar-refractivity contribution in [3.05, 3.63) is 77.9 Å². The van der Waals surface area contributed by atoms with Gasteiger partial charge in [-0.05, 0) is 29.7 Å². The number of aliphatic hydroxyl groups excluding tert-OH is 1. The standard InChI is InChI=1S/C19H22O2/c1-3-4-10-18(15-11-13-17(21-2)14-12-15)19(20)16-8-6-5-7-9-16/h4-14,18-20H,3H2,1-2H3/b10-4-/t18-,19-/m0/s1. The highest BCUT2D eigenvalue weighted by Gasteiger charge is 2.20. The Kier molecular flexibility index (Phi) is 5.59. The van der Waals surface area contributed by atoms with Gasteiger partial charge in [0.1, 0.15) is 5.75 Å². The predicted octanol–water partition coefficient (Wildman–Crippen LogP) is 4.48. The summed E-state index contributed by atoms with van der Waals surface area (Å²) in [6.45, 7) is 2.09. The monoisotopic (exact) mass is 282 g/mol. The molecule has 0 aromatic heterocycles. The summed E-state index contributed by atoms with van der Waals surface area (Å²) in [5.41, 5.74) is 2.01. The molecule has 2 nitrogen and oxygen atoms in total. The van der Waals surface area contributed by atoms with Crippen molar-refractivity contribution in [1.82, 2.24) is 0 Å². The summed E-state index contributed by atoms with van der Waals surface area (Å²) in [5, 5.41) is 10.7. The van der Waals surface area contributed by atoms with Crippen molar-refractivity contribution < 1.29 is 9.84 Å². The molecule has 2 atom stereocenters. The van der Waals surface area contributed by atoms with Crippen molar-refractivity contribution in [1.29, 1.82) is 0 Å². The molecule has 1 N–H and O–H groups in total. The molecule has 0 bridgehead atoms. The Hall–Kier alpha value is -2.06. The Morgan fingerprint density at radius 3 is 2.24 bits per heavy atom. The molecule has 0 radical (unpaired) electrons. The fraction of sp³-hybridized carbons (Fsp3) is 0.263. The molecular formula is C19H22O2. The van der Waals surface area contributed by atoms with E-state index in [2.05, 4.69) is 19.1 Å². The van der Waals surface area contributed by atoms with Gasteiger partial charge in [-0.1, -0.05) is 61.5 Å². The summed E-state index contributed by atoms with van der Waals surface area (Å²) >= 11 is 0. The highest BCUT2D eigenvalue weighted by Crippen LogP contribution is 2.33. The Morgan fingerprint density at radius 1 is 1.00 bits per heavy atom. The SMILES string of the molecule is CC/C=C\[C@@H](c1ccc(OC)cc1)[C@@H](O)c1ccccc1. The van der Waals surface area contributed by atoms with Crippen LogP contribution in [0.5, 0.6) is 5.75 Å². The van der Waals surface area contributed by atoms with Crippen LogP contribution in [-0.4, -0.2) is 12.2 Å². The second-order valence-corrected chi connectivity index (χ2v) is 4.99. The molecular weight excluding hydrogens is 260 g/mol. The molecule has 0 aliphatic rings. The van der Waals surface area contributed by atoms with E-state index in [1.165, 1.54) is 0 Å². The molecule has 0 fully saturated rings. The van der Waals surface area contributed by atoms with E-state index in [4.69, 9.17) is 4.74 Å². The van der Waals surface area contributed by atoms with Crippen LogP contribution in [0.15, 0.2) is 66.7 Å². The molecule has 0 spiro atoms. The van der Waals surface area contributed by atoms with Crippen molar-refractivity contribution in [2.75, 3.05) is 7.11 Å². The van der Waals surface area contributed by atoms with Gasteiger partial charge in [0.05, 0.1) is 13.2 Å². The van der Waals surface area contributed by atoms with E-state index in [9.17, 15) is 5.11 Å². The van der Waals surface area contributed by atoms with E-state index >= 15 is 0 Å². The number of benzene rings is 2. The van der Waals surface area contributed by atoms with Gasteiger partial charge in [0.15, 0.2) is 0 Å². The zero-order valence-corrected chi connectivity index (χ0v) is 12.6. The molecule has 0 aliphatic heterocycles. The molecule has 0 saturated carbocycles. The smallest absolute Gasteiger partial charge is 0.118 e. The number of rotatable bonds is 6. The lowest BCUT2D eigenvalue weighted by atomic mass is 9.88. The topological polar surface area (TPSA) is 29.5 Å². The number of hydrogen-bond donors (Lipinski definition) is 1. The zero-order chi connectivity index (χ0) is 15.1. The van der Waals surface area contributed by atoms with Crippen LogP contribution in [0.4, 0.5) is 0 Å². The van der Waals surface area contributed by atoms with Gasteiger partial charge in [0, 0.05) is 5.92 Å². The molecule has 2 aromatic rings. The maximum absolute atomic E-state index is 10.7. The number of hydrogen-bond acceptors (Lipinski definition) is 2. The summed E-state index contributed by atoms with van der Waals surface area (Å²) in [4.78, 5) is 0. The van der Waals surface area contributed by atoms with E-state index in [0.29, 0.717) is 0 Å².